The average molecular weight is 521 g/mol. The van der Waals surface area contributed by atoms with E-state index in [4.69, 9.17) is 0 Å². The van der Waals surface area contributed by atoms with Crippen molar-refractivity contribution in [2.75, 3.05) is 0 Å². The van der Waals surface area contributed by atoms with Crippen molar-refractivity contribution in [2.45, 2.75) is 13.3 Å². The second-order valence-corrected chi connectivity index (χ2v) is 10.3. The summed E-state index contributed by atoms with van der Waals surface area (Å²) in [5.74, 6) is 0. The standard InChI is InChI=1S/C35H24N2O3/c1-22-11-13-24(14-12-22)31-32-34-27(21-28(35(32)38)19-23-7-3-2-4-8-23)20-26-9-5-6-10-30(26)36(34)33(31)25-15-17-29(18-16-25)37(39)40/h2-18,20-21H,19H2,1H3. The molecular weight excluding hydrogens is 496 g/mol. The van der Waals surface area contributed by atoms with Gasteiger partial charge in [-0.1, -0.05) is 78.4 Å². The number of aromatic nitrogens is 1. The molecule has 2 aromatic heterocycles. The zero-order chi connectivity index (χ0) is 27.4. The van der Waals surface area contributed by atoms with Crippen LogP contribution in [0.1, 0.15) is 16.7 Å². The summed E-state index contributed by atoms with van der Waals surface area (Å²) >= 11 is 0. The van der Waals surface area contributed by atoms with Crippen molar-refractivity contribution in [3.8, 4) is 22.4 Å². The summed E-state index contributed by atoms with van der Waals surface area (Å²) in [5.41, 5.74) is 8.25. The Kier molecular flexibility index (Phi) is 5.46. The average Bonchev–Trinajstić information content (AvgIpc) is 3.34. The van der Waals surface area contributed by atoms with Crippen molar-refractivity contribution in [3.05, 3.63) is 152 Å². The molecular formula is C35H24N2O3. The maximum atomic E-state index is 14.4. The summed E-state index contributed by atoms with van der Waals surface area (Å²) in [4.78, 5) is 25.5. The largest absolute Gasteiger partial charge is 0.307 e. The maximum Gasteiger partial charge on any atom is 0.269 e. The monoisotopic (exact) mass is 520 g/mol. The van der Waals surface area contributed by atoms with E-state index in [9.17, 15) is 14.9 Å². The van der Waals surface area contributed by atoms with Crippen LogP contribution >= 0.6 is 0 Å². The summed E-state index contributed by atoms with van der Waals surface area (Å²) in [6.07, 6.45) is 0.531. The van der Waals surface area contributed by atoms with E-state index in [2.05, 4.69) is 46.9 Å². The van der Waals surface area contributed by atoms with Gasteiger partial charge in [0.25, 0.3) is 5.69 Å². The van der Waals surface area contributed by atoms with Crippen molar-refractivity contribution in [1.29, 1.82) is 0 Å². The molecule has 0 aliphatic rings. The SMILES string of the molecule is Cc1ccc(-c2c(-c3ccc([N+](=O)[O-])cc3)n3c4ccccc4cc4cc(Cc5ccccc5)c(=O)c2c43)cc1. The lowest BCUT2D eigenvalue weighted by molar-refractivity contribution is -0.384. The Labute approximate surface area is 230 Å². The van der Waals surface area contributed by atoms with Gasteiger partial charge in [-0.3, -0.25) is 14.9 Å². The van der Waals surface area contributed by atoms with Crippen molar-refractivity contribution in [1.82, 2.24) is 4.40 Å². The van der Waals surface area contributed by atoms with Gasteiger partial charge in [-0.05, 0) is 59.3 Å². The highest BCUT2D eigenvalue weighted by Gasteiger charge is 2.25. The van der Waals surface area contributed by atoms with Crippen LogP contribution < -0.4 is 5.43 Å². The van der Waals surface area contributed by atoms with Crippen LogP contribution in [0, 0.1) is 17.0 Å². The summed E-state index contributed by atoms with van der Waals surface area (Å²) in [7, 11) is 0. The van der Waals surface area contributed by atoms with Gasteiger partial charge in [0.1, 0.15) is 0 Å². The van der Waals surface area contributed by atoms with E-state index < -0.39 is 4.92 Å². The van der Waals surface area contributed by atoms with Crippen molar-refractivity contribution in [2.24, 2.45) is 0 Å². The van der Waals surface area contributed by atoms with E-state index in [1.807, 2.05) is 55.5 Å². The van der Waals surface area contributed by atoms with E-state index in [1.54, 1.807) is 12.1 Å². The van der Waals surface area contributed by atoms with E-state index in [0.717, 1.165) is 60.9 Å². The second-order valence-electron chi connectivity index (χ2n) is 10.3. The third-order valence-electron chi connectivity index (χ3n) is 7.71. The molecule has 0 unspecified atom stereocenters. The van der Waals surface area contributed by atoms with Crippen LogP contribution in [-0.2, 0) is 6.42 Å². The fourth-order valence-electron chi connectivity index (χ4n) is 5.84. The summed E-state index contributed by atoms with van der Waals surface area (Å²) in [6, 6.07) is 37.2. The molecule has 0 spiro atoms. The molecule has 0 atom stereocenters. The van der Waals surface area contributed by atoms with E-state index in [1.165, 1.54) is 12.1 Å². The minimum atomic E-state index is -0.392. The van der Waals surface area contributed by atoms with Gasteiger partial charge in [0.2, 0.25) is 0 Å². The minimum Gasteiger partial charge on any atom is -0.307 e. The first-order chi connectivity index (χ1) is 19.5. The zero-order valence-electron chi connectivity index (χ0n) is 21.8. The predicted octanol–water partition coefficient (Wildman–Crippen LogP) is 8.19. The molecule has 5 nitrogen and oxygen atoms in total. The maximum absolute atomic E-state index is 14.4. The Balaban J connectivity index is 1.67. The summed E-state index contributed by atoms with van der Waals surface area (Å²) < 4.78 is 2.17. The first-order valence-corrected chi connectivity index (χ1v) is 13.2. The molecule has 40 heavy (non-hydrogen) atoms. The molecule has 7 aromatic rings. The van der Waals surface area contributed by atoms with E-state index in [0.29, 0.717) is 11.8 Å². The van der Waals surface area contributed by atoms with Gasteiger partial charge in [-0.15, -0.1) is 0 Å². The Morgan fingerprint density at radius 2 is 1.43 bits per heavy atom. The number of benzene rings is 5. The van der Waals surface area contributed by atoms with Crippen molar-refractivity contribution < 1.29 is 4.92 Å². The highest BCUT2D eigenvalue weighted by atomic mass is 16.6. The molecule has 5 aromatic carbocycles. The molecule has 0 bridgehead atoms. The summed E-state index contributed by atoms with van der Waals surface area (Å²) in [6.45, 7) is 2.04. The lowest BCUT2D eigenvalue weighted by atomic mass is 9.94. The lowest BCUT2D eigenvalue weighted by Gasteiger charge is -2.11. The number of nitrogens with zero attached hydrogens (tertiary/aromatic N) is 2. The van der Waals surface area contributed by atoms with Crippen LogP contribution in [0.2, 0.25) is 0 Å². The molecule has 5 heteroatoms. The van der Waals surface area contributed by atoms with Crippen molar-refractivity contribution >= 4 is 32.9 Å². The summed E-state index contributed by atoms with van der Waals surface area (Å²) in [5, 5.41) is 14.1. The Morgan fingerprint density at radius 1 is 0.750 bits per heavy atom. The topological polar surface area (TPSA) is 64.6 Å². The molecule has 0 fully saturated rings. The van der Waals surface area contributed by atoms with Crippen LogP contribution in [0.3, 0.4) is 0 Å². The van der Waals surface area contributed by atoms with E-state index in [-0.39, 0.29) is 11.1 Å². The van der Waals surface area contributed by atoms with E-state index >= 15 is 0 Å². The Bertz CT molecular complexity index is 2110. The number of rotatable bonds is 5. The first-order valence-electron chi connectivity index (χ1n) is 13.2. The third kappa shape index (κ3) is 3.75. The fraction of sp³-hybridized carbons (Fsp3) is 0.0571. The highest BCUT2D eigenvalue weighted by molar-refractivity contribution is 6.14. The lowest BCUT2D eigenvalue weighted by Crippen LogP contribution is -2.10. The number of nitro benzene ring substituents is 1. The van der Waals surface area contributed by atoms with Crippen LogP contribution in [0.4, 0.5) is 5.69 Å². The number of nitro groups is 1. The molecule has 0 saturated carbocycles. The number of non-ortho nitro benzene ring substituents is 1. The normalized spacial score (nSPS) is 11.5. The minimum absolute atomic E-state index is 0.00729. The number of aryl methyl sites for hydroxylation is 1. The molecule has 0 saturated heterocycles. The van der Waals surface area contributed by atoms with Crippen molar-refractivity contribution in [3.63, 3.8) is 0 Å². The predicted molar refractivity (Wildman–Crippen MR) is 161 cm³/mol. The highest BCUT2D eigenvalue weighted by Crippen LogP contribution is 2.43. The number of hydrogen-bond acceptors (Lipinski definition) is 3. The first kappa shape index (κ1) is 23.8. The number of fused-ring (bicyclic) bond motifs is 2. The Hall–Kier alpha value is -5.29. The third-order valence-corrected chi connectivity index (χ3v) is 7.71. The molecule has 192 valence electrons. The number of hydrogen-bond donors (Lipinski definition) is 0. The Morgan fingerprint density at radius 3 is 2.15 bits per heavy atom. The van der Waals surface area contributed by atoms with Gasteiger partial charge < -0.3 is 4.40 Å². The van der Waals surface area contributed by atoms with Gasteiger partial charge in [0.15, 0.2) is 5.43 Å². The fourth-order valence-corrected chi connectivity index (χ4v) is 5.84. The molecule has 0 radical (unpaired) electrons. The van der Waals surface area contributed by atoms with Gasteiger partial charge in [-0.25, -0.2) is 0 Å². The molecule has 0 amide bonds. The molecule has 7 rings (SSSR count). The zero-order valence-corrected chi connectivity index (χ0v) is 21.8. The molecule has 0 N–H and O–H groups in total. The van der Waals surface area contributed by atoms with Gasteiger partial charge in [0, 0.05) is 35.1 Å². The van der Waals surface area contributed by atoms with Crippen LogP contribution in [0.15, 0.2) is 120 Å². The molecule has 0 aliphatic heterocycles. The second kappa shape index (κ2) is 9.17. The van der Waals surface area contributed by atoms with Crippen LogP contribution in [0.5, 0.6) is 0 Å². The van der Waals surface area contributed by atoms with Crippen LogP contribution in [-0.4, -0.2) is 9.32 Å². The number of para-hydroxylation sites is 1. The number of pyridine rings is 1. The van der Waals surface area contributed by atoms with Crippen LogP contribution in [0.25, 0.3) is 49.6 Å². The van der Waals surface area contributed by atoms with Gasteiger partial charge >= 0.3 is 0 Å². The van der Waals surface area contributed by atoms with Gasteiger partial charge in [0.05, 0.1) is 27.0 Å². The molecule has 0 aliphatic carbocycles. The quantitative estimate of drug-likeness (QED) is 0.131. The molecule has 2 heterocycles. The smallest absolute Gasteiger partial charge is 0.269 e. The van der Waals surface area contributed by atoms with Gasteiger partial charge in [-0.2, -0.15) is 0 Å².